The molecular weight excluding hydrogens is 623 g/mol. The van der Waals surface area contributed by atoms with Crippen molar-refractivity contribution >= 4 is 46.9 Å². The minimum absolute atomic E-state index is 0.0856. The maximum Gasteiger partial charge on any atom is 0.272 e. The Morgan fingerprint density at radius 1 is 0.729 bits per heavy atom. The third-order valence-corrected chi connectivity index (χ3v) is 8.48. The highest BCUT2D eigenvalue weighted by atomic mass is 32.2. The molecule has 1 atom stereocenters. The van der Waals surface area contributed by atoms with E-state index in [4.69, 9.17) is 9.47 Å². The number of methoxy groups -OCH3 is 2. The number of hydrogen-bond acceptors (Lipinski definition) is 6. The van der Waals surface area contributed by atoms with E-state index in [0.717, 1.165) is 21.6 Å². The second-order valence-corrected chi connectivity index (χ2v) is 11.9. The van der Waals surface area contributed by atoms with E-state index in [0.29, 0.717) is 28.4 Å². The van der Waals surface area contributed by atoms with Crippen LogP contribution in [-0.4, -0.2) is 31.9 Å². The fourth-order valence-corrected chi connectivity index (χ4v) is 5.93. The molecule has 3 amide bonds. The molecule has 5 aromatic carbocycles. The van der Waals surface area contributed by atoms with E-state index >= 15 is 0 Å². The first-order valence-corrected chi connectivity index (χ1v) is 16.0. The summed E-state index contributed by atoms with van der Waals surface area (Å²) in [6.07, 6.45) is 1.64. The minimum atomic E-state index is -0.633. The lowest BCUT2D eigenvalue weighted by atomic mass is 10.1. The van der Waals surface area contributed by atoms with Gasteiger partial charge in [-0.05, 0) is 66.6 Å². The van der Waals surface area contributed by atoms with E-state index in [1.165, 1.54) is 18.9 Å². The lowest BCUT2D eigenvalue weighted by Crippen LogP contribution is -2.30. The summed E-state index contributed by atoms with van der Waals surface area (Å²) in [6, 6.07) is 38.2. The largest absolute Gasteiger partial charge is 0.497 e. The maximum atomic E-state index is 13.8. The standard InChI is InChI=1S/C39H35N3O5S/c1-26-12-10-13-27(22-26)23-34(42-37(43)29-16-8-5-9-17-29)38(44)40-30-18-11-19-32(24-30)48-36(28-14-6-4-7-15-28)39(45)41-33-21-20-31(46-2)25-35(33)47-3/h4-25,36H,1-3H3,(H,40,44)(H,41,45)(H,42,43)/b34-23+. The van der Waals surface area contributed by atoms with Gasteiger partial charge in [0.25, 0.3) is 11.8 Å². The first kappa shape index (κ1) is 33.6. The molecule has 3 N–H and O–H groups in total. The second-order valence-electron chi connectivity index (χ2n) is 10.7. The van der Waals surface area contributed by atoms with Crippen molar-refractivity contribution in [2.75, 3.05) is 24.9 Å². The Bertz CT molecular complexity index is 1930. The predicted molar refractivity (Wildman–Crippen MR) is 191 cm³/mol. The molecule has 5 aromatic rings. The van der Waals surface area contributed by atoms with Gasteiger partial charge in [0, 0.05) is 22.2 Å². The average Bonchev–Trinajstić information content (AvgIpc) is 3.11. The van der Waals surface area contributed by atoms with Crippen molar-refractivity contribution in [2.24, 2.45) is 0 Å². The average molecular weight is 658 g/mol. The van der Waals surface area contributed by atoms with Gasteiger partial charge >= 0.3 is 0 Å². The Kier molecular flexibility index (Phi) is 11.3. The highest BCUT2D eigenvalue weighted by molar-refractivity contribution is 8.00. The van der Waals surface area contributed by atoms with Gasteiger partial charge in [0.1, 0.15) is 22.4 Å². The molecule has 0 aromatic heterocycles. The van der Waals surface area contributed by atoms with E-state index in [-0.39, 0.29) is 11.6 Å². The SMILES string of the molecule is COc1ccc(NC(=O)C(Sc2cccc(NC(=O)/C(=C\c3cccc(C)c3)NC(=O)c3ccccc3)c2)c2ccccc2)c(OC)c1. The fourth-order valence-electron chi connectivity index (χ4n) is 4.85. The van der Waals surface area contributed by atoms with Crippen LogP contribution in [0.2, 0.25) is 0 Å². The number of rotatable bonds is 12. The van der Waals surface area contributed by atoms with E-state index in [1.807, 2.05) is 73.7 Å². The van der Waals surface area contributed by atoms with Crippen LogP contribution in [0, 0.1) is 6.92 Å². The molecular formula is C39H35N3O5S. The third kappa shape index (κ3) is 8.92. The molecule has 5 rings (SSSR count). The number of hydrogen-bond donors (Lipinski definition) is 3. The Morgan fingerprint density at radius 3 is 2.17 bits per heavy atom. The van der Waals surface area contributed by atoms with Crippen molar-refractivity contribution < 1.29 is 23.9 Å². The zero-order valence-electron chi connectivity index (χ0n) is 26.7. The first-order chi connectivity index (χ1) is 23.3. The van der Waals surface area contributed by atoms with Crippen LogP contribution >= 0.6 is 11.8 Å². The van der Waals surface area contributed by atoms with E-state index in [2.05, 4.69) is 16.0 Å². The summed E-state index contributed by atoms with van der Waals surface area (Å²) in [6.45, 7) is 1.96. The molecule has 0 saturated carbocycles. The number of thioether (sulfide) groups is 1. The number of amides is 3. The summed E-state index contributed by atoms with van der Waals surface area (Å²) >= 11 is 1.34. The minimum Gasteiger partial charge on any atom is -0.497 e. The third-order valence-electron chi connectivity index (χ3n) is 7.23. The van der Waals surface area contributed by atoms with Crippen LogP contribution < -0.4 is 25.4 Å². The molecule has 0 bridgehead atoms. The van der Waals surface area contributed by atoms with Crippen LogP contribution in [0.4, 0.5) is 11.4 Å². The summed E-state index contributed by atoms with van der Waals surface area (Å²) in [5, 5.41) is 8.06. The van der Waals surface area contributed by atoms with Gasteiger partial charge in [-0.2, -0.15) is 0 Å². The van der Waals surface area contributed by atoms with Gasteiger partial charge in [-0.1, -0.05) is 84.4 Å². The summed E-state index contributed by atoms with van der Waals surface area (Å²) < 4.78 is 10.8. The van der Waals surface area contributed by atoms with Crippen molar-refractivity contribution in [1.29, 1.82) is 0 Å². The number of carbonyl (C=O) groups is 3. The number of ether oxygens (including phenoxy) is 2. The van der Waals surface area contributed by atoms with Crippen molar-refractivity contribution in [2.45, 2.75) is 17.1 Å². The Labute approximate surface area is 284 Å². The van der Waals surface area contributed by atoms with Crippen LogP contribution in [0.1, 0.15) is 32.3 Å². The monoisotopic (exact) mass is 657 g/mol. The second kappa shape index (κ2) is 16.2. The summed E-state index contributed by atoms with van der Waals surface area (Å²) in [5.41, 5.74) is 4.11. The Morgan fingerprint density at radius 2 is 1.46 bits per heavy atom. The van der Waals surface area contributed by atoms with Crippen molar-refractivity contribution in [3.05, 3.63) is 155 Å². The lowest BCUT2D eigenvalue weighted by molar-refractivity contribution is -0.116. The molecule has 0 radical (unpaired) electrons. The number of nitrogens with one attached hydrogen (secondary N) is 3. The topological polar surface area (TPSA) is 106 Å². The van der Waals surface area contributed by atoms with Gasteiger partial charge in [-0.25, -0.2) is 0 Å². The molecule has 0 saturated heterocycles. The van der Waals surface area contributed by atoms with Crippen molar-refractivity contribution in [1.82, 2.24) is 5.32 Å². The zero-order valence-corrected chi connectivity index (χ0v) is 27.5. The molecule has 242 valence electrons. The zero-order chi connectivity index (χ0) is 33.9. The molecule has 0 fully saturated rings. The van der Waals surface area contributed by atoms with Gasteiger partial charge in [0.2, 0.25) is 5.91 Å². The Balaban J connectivity index is 1.38. The van der Waals surface area contributed by atoms with Crippen molar-refractivity contribution in [3.63, 3.8) is 0 Å². The Hall–Kier alpha value is -5.80. The number of aryl methyl sites for hydroxylation is 1. The number of anilines is 2. The first-order valence-electron chi connectivity index (χ1n) is 15.1. The summed E-state index contributed by atoms with van der Waals surface area (Å²) in [4.78, 5) is 41.2. The molecule has 0 heterocycles. The van der Waals surface area contributed by atoms with Crippen LogP contribution in [0.5, 0.6) is 11.5 Å². The fraction of sp³-hybridized carbons (Fsp3) is 0.103. The van der Waals surface area contributed by atoms with Crippen LogP contribution in [0.3, 0.4) is 0 Å². The molecule has 9 heteroatoms. The summed E-state index contributed by atoms with van der Waals surface area (Å²) in [7, 11) is 3.09. The van der Waals surface area contributed by atoms with Crippen LogP contribution in [0.15, 0.2) is 138 Å². The molecule has 0 spiro atoms. The highest BCUT2D eigenvalue weighted by Gasteiger charge is 2.24. The molecule has 8 nitrogen and oxygen atoms in total. The smallest absolute Gasteiger partial charge is 0.272 e. The molecule has 1 unspecified atom stereocenters. The van der Waals surface area contributed by atoms with Gasteiger partial charge in [-0.3, -0.25) is 14.4 Å². The van der Waals surface area contributed by atoms with Crippen molar-refractivity contribution in [3.8, 4) is 11.5 Å². The van der Waals surface area contributed by atoms with E-state index in [9.17, 15) is 14.4 Å². The number of benzene rings is 5. The molecule has 0 aliphatic heterocycles. The van der Waals surface area contributed by atoms with Gasteiger partial charge in [0.05, 0.1) is 19.9 Å². The van der Waals surface area contributed by atoms with E-state index in [1.54, 1.807) is 73.8 Å². The molecule has 0 aliphatic rings. The van der Waals surface area contributed by atoms with Gasteiger partial charge < -0.3 is 25.4 Å². The van der Waals surface area contributed by atoms with Gasteiger partial charge in [0.15, 0.2) is 0 Å². The highest BCUT2D eigenvalue weighted by Crippen LogP contribution is 2.38. The van der Waals surface area contributed by atoms with Crippen LogP contribution in [0.25, 0.3) is 6.08 Å². The van der Waals surface area contributed by atoms with Gasteiger partial charge in [-0.15, -0.1) is 11.8 Å². The normalized spacial score (nSPS) is 11.6. The van der Waals surface area contributed by atoms with Crippen LogP contribution in [-0.2, 0) is 9.59 Å². The number of carbonyl (C=O) groups excluding carboxylic acids is 3. The predicted octanol–water partition coefficient (Wildman–Crippen LogP) is 7.89. The molecule has 48 heavy (non-hydrogen) atoms. The molecule has 0 aliphatic carbocycles. The lowest BCUT2D eigenvalue weighted by Gasteiger charge is -2.19. The summed E-state index contributed by atoms with van der Waals surface area (Å²) in [5.74, 6) is -0.0746. The maximum absolute atomic E-state index is 13.8. The quantitative estimate of drug-likeness (QED) is 0.0931. The van der Waals surface area contributed by atoms with E-state index < -0.39 is 17.1 Å².